The van der Waals surface area contributed by atoms with Crippen LogP contribution in [0.25, 0.3) is 0 Å². The van der Waals surface area contributed by atoms with E-state index in [1.807, 2.05) is 30.3 Å². The van der Waals surface area contributed by atoms with Crippen LogP contribution in [0.4, 0.5) is 5.82 Å². The van der Waals surface area contributed by atoms with E-state index in [1.165, 1.54) is 6.33 Å². The average molecular weight is 195 g/mol. The molecule has 3 heteroatoms. The maximum atomic E-state index is 5.63. The predicted octanol–water partition coefficient (Wildman–Crippen LogP) is 1.46. The molecule has 1 aromatic carbocycles. The number of nitrogen functional groups attached to an aromatic ring is 1. The molecule has 2 aromatic rings. The van der Waals surface area contributed by atoms with Gasteiger partial charge in [-0.05, 0) is 12.1 Å². The molecule has 0 unspecified atom stereocenters. The summed E-state index contributed by atoms with van der Waals surface area (Å²) in [4.78, 5) is 7.72. The van der Waals surface area contributed by atoms with Crippen molar-refractivity contribution in [2.45, 2.75) is 0 Å². The van der Waals surface area contributed by atoms with Crippen LogP contribution in [0.2, 0.25) is 0 Å². The summed E-state index contributed by atoms with van der Waals surface area (Å²) in [6, 6.07) is 9.70. The molecule has 0 spiro atoms. The molecule has 0 amide bonds. The minimum atomic E-state index is 0.411. The second kappa shape index (κ2) is 4.25. The molecule has 0 aliphatic carbocycles. The first-order chi connectivity index (χ1) is 7.36. The summed E-state index contributed by atoms with van der Waals surface area (Å²) in [5, 5.41) is 0. The van der Waals surface area contributed by atoms with Gasteiger partial charge in [-0.15, -0.1) is 0 Å². The molecule has 0 aliphatic heterocycles. The van der Waals surface area contributed by atoms with Crippen molar-refractivity contribution in [1.29, 1.82) is 0 Å². The van der Waals surface area contributed by atoms with Crippen molar-refractivity contribution >= 4 is 5.82 Å². The highest BCUT2D eigenvalue weighted by molar-refractivity contribution is 5.51. The first-order valence-electron chi connectivity index (χ1n) is 4.49. The van der Waals surface area contributed by atoms with Crippen LogP contribution >= 0.6 is 0 Å². The topological polar surface area (TPSA) is 51.8 Å². The van der Waals surface area contributed by atoms with Crippen LogP contribution in [-0.4, -0.2) is 9.97 Å². The maximum Gasteiger partial charge on any atom is 0.142 e. The lowest BCUT2D eigenvalue weighted by Crippen LogP contribution is -1.94. The Morgan fingerprint density at radius 1 is 1.07 bits per heavy atom. The Morgan fingerprint density at radius 3 is 2.60 bits per heavy atom. The van der Waals surface area contributed by atoms with E-state index < -0.39 is 0 Å². The summed E-state index contributed by atoms with van der Waals surface area (Å²) >= 11 is 0. The van der Waals surface area contributed by atoms with Gasteiger partial charge in [-0.25, -0.2) is 9.97 Å². The molecule has 72 valence electrons. The highest BCUT2D eigenvalue weighted by Crippen LogP contribution is 2.03. The summed E-state index contributed by atoms with van der Waals surface area (Å²) in [7, 11) is 0. The van der Waals surface area contributed by atoms with Crippen LogP contribution in [0.3, 0.4) is 0 Å². The Kier molecular flexibility index (Phi) is 2.61. The number of rotatable bonds is 0. The molecule has 3 nitrogen and oxygen atoms in total. The van der Waals surface area contributed by atoms with Crippen molar-refractivity contribution in [1.82, 2.24) is 9.97 Å². The van der Waals surface area contributed by atoms with Crippen molar-refractivity contribution < 1.29 is 0 Å². The molecular weight excluding hydrogens is 186 g/mol. The van der Waals surface area contributed by atoms with Gasteiger partial charge in [0.15, 0.2) is 0 Å². The van der Waals surface area contributed by atoms with Gasteiger partial charge in [0.2, 0.25) is 0 Å². The second-order valence-electron chi connectivity index (χ2n) is 2.94. The zero-order valence-electron chi connectivity index (χ0n) is 8.01. The van der Waals surface area contributed by atoms with Crippen molar-refractivity contribution in [3.05, 3.63) is 54.0 Å². The molecule has 0 aliphatic rings. The molecule has 0 saturated carbocycles. The van der Waals surface area contributed by atoms with Crippen LogP contribution in [-0.2, 0) is 0 Å². The Hall–Kier alpha value is -2.34. The maximum absolute atomic E-state index is 5.63. The molecule has 0 saturated heterocycles. The van der Waals surface area contributed by atoms with Gasteiger partial charge in [0.25, 0.3) is 0 Å². The van der Waals surface area contributed by atoms with Crippen LogP contribution < -0.4 is 5.73 Å². The van der Waals surface area contributed by atoms with Crippen LogP contribution in [0, 0.1) is 11.8 Å². The number of aromatic nitrogens is 2. The van der Waals surface area contributed by atoms with Crippen molar-refractivity contribution in [3.8, 4) is 11.8 Å². The fourth-order valence-corrected chi connectivity index (χ4v) is 1.10. The van der Waals surface area contributed by atoms with E-state index in [-0.39, 0.29) is 0 Å². The van der Waals surface area contributed by atoms with Gasteiger partial charge in [-0.1, -0.05) is 30.0 Å². The molecule has 15 heavy (non-hydrogen) atoms. The minimum Gasteiger partial charge on any atom is -0.383 e. The zero-order valence-corrected chi connectivity index (χ0v) is 8.01. The number of hydrogen-bond donors (Lipinski definition) is 1. The van der Waals surface area contributed by atoms with Gasteiger partial charge >= 0.3 is 0 Å². The summed E-state index contributed by atoms with van der Waals surface area (Å²) in [6.45, 7) is 0. The Bertz CT molecular complexity index is 509. The fraction of sp³-hybridized carbons (Fsp3) is 0. The van der Waals surface area contributed by atoms with Crippen molar-refractivity contribution in [2.24, 2.45) is 0 Å². The molecule has 1 aromatic heterocycles. The first-order valence-corrected chi connectivity index (χ1v) is 4.49. The van der Waals surface area contributed by atoms with E-state index >= 15 is 0 Å². The highest BCUT2D eigenvalue weighted by atomic mass is 14.9. The first kappa shape index (κ1) is 9.22. The van der Waals surface area contributed by atoms with E-state index in [9.17, 15) is 0 Å². The molecule has 0 radical (unpaired) electrons. The monoisotopic (exact) mass is 195 g/mol. The highest BCUT2D eigenvalue weighted by Gasteiger charge is 1.93. The number of hydrogen-bond acceptors (Lipinski definition) is 3. The number of nitrogens with zero attached hydrogens (tertiary/aromatic N) is 2. The summed E-state index contributed by atoms with van der Waals surface area (Å²) in [5.41, 5.74) is 7.23. The molecule has 2 rings (SSSR count). The second-order valence-corrected chi connectivity index (χ2v) is 2.94. The summed E-state index contributed by atoms with van der Waals surface area (Å²) in [6.07, 6.45) is 3.02. The Labute approximate surface area is 88.0 Å². The standard InChI is InChI=1S/C12H9N3/c13-12-11(8-14-9-15-12)7-6-10-4-2-1-3-5-10/h1-5,8-9H,(H2,13,14,15). The molecule has 0 fully saturated rings. The Balaban J connectivity index is 2.31. The predicted molar refractivity (Wildman–Crippen MR) is 58.9 cm³/mol. The third-order valence-corrected chi connectivity index (χ3v) is 1.86. The Morgan fingerprint density at radius 2 is 1.87 bits per heavy atom. The van der Waals surface area contributed by atoms with E-state index in [2.05, 4.69) is 21.8 Å². The van der Waals surface area contributed by atoms with Crippen LogP contribution in [0.5, 0.6) is 0 Å². The smallest absolute Gasteiger partial charge is 0.142 e. The number of benzene rings is 1. The third-order valence-electron chi connectivity index (χ3n) is 1.86. The van der Waals surface area contributed by atoms with Gasteiger partial charge in [0.1, 0.15) is 12.1 Å². The molecule has 1 heterocycles. The van der Waals surface area contributed by atoms with Gasteiger partial charge in [0, 0.05) is 11.8 Å². The zero-order chi connectivity index (χ0) is 10.5. The lowest BCUT2D eigenvalue weighted by Gasteiger charge is -1.93. The summed E-state index contributed by atoms with van der Waals surface area (Å²) < 4.78 is 0. The molecule has 2 N–H and O–H groups in total. The minimum absolute atomic E-state index is 0.411. The largest absolute Gasteiger partial charge is 0.383 e. The van der Waals surface area contributed by atoms with Crippen LogP contribution in [0.15, 0.2) is 42.9 Å². The fourth-order valence-electron chi connectivity index (χ4n) is 1.10. The van der Waals surface area contributed by atoms with Crippen LogP contribution in [0.1, 0.15) is 11.1 Å². The molecule has 0 bridgehead atoms. The third kappa shape index (κ3) is 2.32. The lowest BCUT2D eigenvalue weighted by molar-refractivity contribution is 1.17. The van der Waals surface area contributed by atoms with E-state index in [0.29, 0.717) is 11.4 Å². The van der Waals surface area contributed by atoms with Crippen molar-refractivity contribution in [3.63, 3.8) is 0 Å². The molecule has 0 atom stereocenters. The molecular formula is C12H9N3. The van der Waals surface area contributed by atoms with Gasteiger partial charge < -0.3 is 5.73 Å². The van der Waals surface area contributed by atoms with E-state index in [0.717, 1.165) is 5.56 Å². The van der Waals surface area contributed by atoms with E-state index in [1.54, 1.807) is 6.20 Å². The summed E-state index contributed by atoms with van der Waals surface area (Å²) in [5.74, 6) is 6.33. The normalized spacial score (nSPS) is 9.07. The van der Waals surface area contributed by atoms with Gasteiger partial charge in [-0.2, -0.15) is 0 Å². The average Bonchev–Trinajstić information content (AvgIpc) is 2.29. The lowest BCUT2D eigenvalue weighted by atomic mass is 10.2. The number of nitrogens with two attached hydrogens (primary N) is 1. The number of anilines is 1. The quantitative estimate of drug-likeness (QED) is 0.647. The van der Waals surface area contributed by atoms with Gasteiger partial charge in [0.05, 0.1) is 5.56 Å². The van der Waals surface area contributed by atoms with Crippen molar-refractivity contribution in [2.75, 3.05) is 5.73 Å². The van der Waals surface area contributed by atoms with E-state index in [4.69, 9.17) is 5.73 Å². The SMILES string of the molecule is Nc1ncncc1C#Cc1ccccc1. The van der Waals surface area contributed by atoms with Gasteiger partial charge in [-0.3, -0.25) is 0 Å².